The Hall–Kier alpha value is -0.770. The smallest absolute Gasteiger partial charge is 0.364 e. The molecule has 0 aliphatic carbocycles. The maximum absolute atomic E-state index is 11.0. The van der Waals surface area contributed by atoms with E-state index in [-0.39, 0.29) is 0 Å². The van der Waals surface area contributed by atoms with Crippen molar-refractivity contribution in [2.75, 3.05) is 6.61 Å². The van der Waals surface area contributed by atoms with Crippen LogP contribution in [0.15, 0.2) is 0 Å². The molecule has 0 aromatic carbocycles. The van der Waals surface area contributed by atoms with Crippen LogP contribution in [0.2, 0.25) is 0 Å². The minimum atomic E-state index is -1.92. The van der Waals surface area contributed by atoms with Crippen LogP contribution in [0.3, 0.4) is 0 Å². The first-order chi connectivity index (χ1) is 7.89. The van der Waals surface area contributed by atoms with Crippen LogP contribution in [-0.2, 0) is 19.0 Å². The Balaban J connectivity index is 2.23. The number of carboxylic acid groups (broad SMARTS) is 1. The molecule has 0 aromatic rings. The molecule has 2 rings (SSSR count). The van der Waals surface area contributed by atoms with Crippen molar-refractivity contribution in [1.82, 2.24) is 0 Å². The molecule has 2 aliphatic rings. The van der Waals surface area contributed by atoms with Gasteiger partial charge in [-0.05, 0) is 0 Å². The van der Waals surface area contributed by atoms with Crippen LogP contribution in [0.1, 0.15) is 6.92 Å². The summed E-state index contributed by atoms with van der Waals surface area (Å²) in [5, 5.41) is 37.0. The number of ether oxygens (including phenoxy) is 3. The normalized spacial score (nSPS) is 50.0. The van der Waals surface area contributed by atoms with E-state index in [1.54, 1.807) is 0 Å². The lowest BCUT2D eigenvalue weighted by Crippen LogP contribution is -2.57. The topological polar surface area (TPSA) is 126 Å². The average Bonchev–Trinajstić information content (AvgIpc) is 2.63. The fourth-order valence-electron chi connectivity index (χ4n) is 1.98. The molecule has 4 N–H and O–H groups in total. The van der Waals surface area contributed by atoms with Crippen molar-refractivity contribution in [3.05, 3.63) is 0 Å². The quantitative estimate of drug-likeness (QED) is 0.429. The number of rotatable bonds is 2. The zero-order valence-electron chi connectivity index (χ0n) is 9.02. The van der Waals surface area contributed by atoms with Crippen LogP contribution >= 0.6 is 0 Å². The van der Waals surface area contributed by atoms with Gasteiger partial charge in [-0.3, -0.25) is 0 Å². The summed E-state index contributed by atoms with van der Waals surface area (Å²) >= 11 is 0. The number of aliphatic hydroxyl groups excluding tert-OH is 3. The highest BCUT2D eigenvalue weighted by molar-refractivity contribution is 5.75. The Morgan fingerprint density at radius 1 is 1.29 bits per heavy atom. The molecule has 6 atom stereocenters. The second-order valence-corrected chi connectivity index (χ2v) is 4.15. The van der Waals surface area contributed by atoms with E-state index in [2.05, 4.69) is 0 Å². The zero-order chi connectivity index (χ0) is 12.8. The van der Waals surface area contributed by atoms with Gasteiger partial charge in [0.05, 0.1) is 6.61 Å². The molecule has 2 heterocycles. The highest BCUT2D eigenvalue weighted by atomic mass is 16.8. The summed E-state index contributed by atoms with van der Waals surface area (Å²) in [5.41, 5.74) is 0. The van der Waals surface area contributed by atoms with Crippen molar-refractivity contribution >= 4 is 5.97 Å². The third-order valence-electron chi connectivity index (χ3n) is 2.92. The summed E-state index contributed by atoms with van der Waals surface area (Å²) in [7, 11) is 0. The van der Waals surface area contributed by atoms with Gasteiger partial charge in [-0.25, -0.2) is 4.79 Å². The van der Waals surface area contributed by atoms with Crippen molar-refractivity contribution in [3.8, 4) is 0 Å². The van der Waals surface area contributed by atoms with Crippen LogP contribution in [0.5, 0.6) is 0 Å². The molecule has 8 nitrogen and oxygen atoms in total. The summed E-state index contributed by atoms with van der Waals surface area (Å²) in [6, 6.07) is 0. The maximum Gasteiger partial charge on any atom is 0.364 e. The second-order valence-electron chi connectivity index (χ2n) is 4.15. The van der Waals surface area contributed by atoms with Gasteiger partial charge in [0.15, 0.2) is 6.29 Å². The molecule has 0 radical (unpaired) electrons. The van der Waals surface area contributed by atoms with Crippen LogP contribution in [0, 0.1) is 0 Å². The number of aliphatic carboxylic acids is 1. The first-order valence-corrected chi connectivity index (χ1v) is 5.10. The molecule has 8 heteroatoms. The summed E-state index contributed by atoms with van der Waals surface area (Å²) in [6.07, 6.45) is -5.92. The highest BCUT2D eigenvalue weighted by Gasteiger charge is 2.58. The summed E-state index contributed by atoms with van der Waals surface area (Å²) in [6.45, 7) is 0.700. The van der Waals surface area contributed by atoms with Gasteiger partial charge in [-0.2, -0.15) is 0 Å². The van der Waals surface area contributed by atoms with E-state index in [4.69, 9.17) is 24.4 Å². The third kappa shape index (κ3) is 1.92. The number of fused-ring (bicyclic) bond motifs is 1. The number of hydrogen-bond acceptors (Lipinski definition) is 7. The second kappa shape index (κ2) is 4.16. The van der Waals surface area contributed by atoms with Gasteiger partial charge < -0.3 is 34.6 Å². The monoisotopic (exact) mass is 250 g/mol. The van der Waals surface area contributed by atoms with Crippen LogP contribution in [0.4, 0.5) is 0 Å². The lowest BCUT2D eigenvalue weighted by atomic mass is 10.00. The SMILES string of the molecule is C[C@]1(C(=O)O)O[C@@H]2[C@@H](O)[C@@H](O)O[C@H](CO)[C@@H]2O1. The number of carbonyl (C=O) groups is 1. The number of carboxylic acids is 1. The van der Waals surface area contributed by atoms with Gasteiger partial charge in [0.25, 0.3) is 5.79 Å². The standard InChI is InChI=1S/C9H14O8/c1-9(8(13)14)16-5-3(2-10)15-7(12)4(11)6(5)17-9/h3-7,10-12H,2H2,1H3,(H,13,14)/t3-,4-,5+,6-,7+,9-/m1/s1. The van der Waals surface area contributed by atoms with Crippen molar-refractivity contribution in [1.29, 1.82) is 0 Å². The largest absolute Gasteiger partial charge is 0.477 e. The first-order valence-electron chi connectivity index (χ1n) is 5.10. The number of aliphatic hydroxyl groups is 3. The molecular formula is C9H14O8. The average molecular weight is 250 g/mol. The van der Waals surface area contributed by atoms with E-state index in [1.165, 1.54) is 6.92 Å². The third-order valence-corrected chi connectivity index (χ3v) is 2.92. The van der Waals surface area contributed by atoms with Crippen molar-refractivity contribution in [3.63, 3.8) is 0 Å². The summed E-state index contributed by atoms with van der Waals surface area (Å²) in [5.74, 6) is -3.28. The van der Waals surface area contributed by atoms with Crippen molar-refractivity contribution < 1.29 is 39.4 Å². The highest BCUT2D eigenvalue weighted by Crippen LogP contribution is 2.37. The Morgan fingerprint density at radius 3 is 2.41 bits per heavy atom. The Morgan fingerprint density at radius 2 is 1.88 bits per heavy atom. The molecule has 17 heavy (non-hydrogen) atoms. The molecule has 0 saturated carbocycles. The number of hydrogen-bond donors (Lipinski definition) is 4. The van der Waals surface area contributed by atoms with Gasteiger partial charge >= 0.3 is 5.97 Å². The lowest BCUT2D eigenvalue weighted by Gasteiger charge is -2.36. The Kier molecular flexibility index (Phi) is 3.10. The zero-order valence-corrected chi connectivity index (χ0v) is 9.02. The predicted molar refractivity (Wildman–Crippen MR) is 49.8 cm³/mol. The predicted octanol–water partition coefficient (Wildman–Crippen LogP) is -2.36. The van der Waals surface area contributed by atoms with Crippen LogP contribution in [-0.4, -0.2) is 69.5 Å². The van der Waals surface area contributed by atoms with Crippen LogP contribution in [0.25, 0.3) is 0 Å². The van der Waals surface area contributed by atoms with Gasteiger partial charge in [0.2, 0.25) is 0 Å². The summed E-state index contributed by atoms with van der Waals surface area (Å²) < 4.78 is 15.2. The molecule has 2 fully saturated rings. The van der Waals surface area contributed by atoms with E-state index in [1.807, 2.05) is 0 Å². The molecule has 0 unspecified atom stereocenters. The molecule has 0 aromatic heterocycles. The van der Waals surface area contributed by atoms with Gasteiger partial charge in [-0.15, -0.1) is 0 Å². The Bertz CT molecular complexity index is 312. The van der Waals surface area contributed by atoms with Crippen molar-refractivity contribution in [2.45, 2.75) is 43.4 Å². The maximum atomic E-state index is 11.0. The molecule has 98 valence electrons. The summed E-state index contributed by atoms with van der Waals surface area (Å²) in [4.78, 5) is 11.0. The van der Waals surface area contributed by atoms with E-state index in [9.17, 15) is 15.0 Å². The van der Waals surface area contributed by atoms with Gasteiger partial charge in [-0.1, -0.05) is 0 Å². The van der Waals surface area contributed by atoms with Crippen LogP contribution < -0.4 is 0 Å². The van der Waals surface area contributed by atoms with Crippen molar-refractivity contribution in [2.24, 2.45) is 0 Å². The molecule has 2 saturated heterocycles. The molecule has 0 amide bonds. The minimum absolute atomic E-state index is 0.482. The van der Waals surface area contributed by atoms with E-state index in [0.717, 1.165) is 0 Å². The fraction of sp³-hybridized carbons (Fsp3) is 0.889. The Labute approximate surface area is 96.3 Å². The van der Waals surface area contributed by atoms with Gasteiger partial charge in [0, 0.05) is 6.92 Å². The first kappa shape index (κ1) is 12.7. The molecular weight excluding hydrogens is 236 g/mol. The molecule has 0 spiro atoms. The minimum Gasteiger partial charge on any atom is -0.477 e. The lowest BCUT2D eigenvalue weighted by molar-refractivity contribution is -0.264. The van der Waals surface area contributed by atoms with E-state index in [0.29, 0.717) is 0 Å². The van der Waals surface area contributed by atoms with E-state index < -0.39 is 49.1 Å². The van der Waals surface area contributed by atoms with Gasteiger partial charge in [0.1, 0.15) is 24.4 Å². The van der Waals surface area contributed by atoms with E-state index >= 15 is 0 Å². The molecule has 2 aliphatic heterocycles. The fourth-order valence-corrected chi connectivity index (χ4v) is 1.98. The molecule has 0 bridgehead atoms.